The largest absolute Gasteiger partial charge is 0.488 e. The van der Waals surface area contributed by atoms with Crippen LogP contribution in [0, 0.1) is 11.6 Å². The smallest absolute Gasteiger partial charge is 0.305 e. The Morgan fingerprint density at radius 3 is 2.47 bits per heavy atom. The van der Waals surface area contributed by atoms with E-state index in [-0.39, 0.29) is 18.3 Å². The summed E-state index contributed by atoms with van der Waals surface area (Å²) in [6.07, 6.45) is 2.42. The maximum atomic E-state index is 13.2. The molecule has 106 valence electrons. The minimum atomic E-state index is -0.702. The summed E-state index contributed by atoms with van der Waals surface area (Å²) < 4.78 is 36.2. The van der Waals surface area contributed by atoms with Gasteiger partial charge in [0.25, 0.3) is 0 Å². The van der Waals surface area contributed by atoms with Crippen LogP contribution in [0.2, 0.25) is 0 Å². The zero-order chi connectivity index (χ0) is 14.1. The molecular formula is C14H18F2O3. The van der Waals surface area contributed by atoms with E-state index in [1.807, 2.05) is 0 Å². The molecule has 1 rings (SSSR count). The maximum Gasteiger partial charge on any atom is 0.305 e. The van der Waals surface area contributed by atoms with Crippen molar-refractivity contribution in [2.45, 2.75) is 32.6 Å². The number of halogens is 2. The average molecular weight is 272 g/mol. The molecule has 0 aromatic heterocycles. The van der Waals surface area contributed by atoms with Crippen molar-refractivity contribution in [3.8, 4) is 5.75 Å². The Morgan fingerprint density at radius 1 is 1.16 bits per heavy atom. The molecule has 0 radical (unpaired) electrons. The van der Waals surface area contributed by atoms with E-state index >= 15 is 0 Å². The van der Waals surface area contributed by atoms with E-state index in [0.29, 0.717) is 25.9 Å². The van der Waals surface area contributed by atoms with Gasteiger partial charge in [-0.05, 0) is 38.3 Å². The van der Waals surface area contributed by atoms with Gasteiger partial charge < -0.3 is 9.47 Å². The van der Waals surface area contributed by atoms with Gasteiger partial charge in [-0.2, -0.15) is 0 Å². The van der Waals surface area contributed by atoms with Gasteiger partial charge in [-0.3, -0.25) is 4.79 Å². The van der Waals surface area contributed by atoms with E-state index in [0.717, 1.165) is 18.6 Å². The number of hydrogen-bond donors (Lipinski definition) is 0. The monoisotopic (exact) mass is 272 g/mol. The van der Waals surface area contributed by atoms with Crippen molar-refractivity contribution < 1.29 is 23.0 Å². The summed E-state index contributed by atoms with van der Waals surface area (Å²) in [5.41, 5.74) is 0. The van der Waals surface area contributed by atoms with Crippen LogP contribution in [-0.4, -0.2) is 19.2 Å². The number of carbonyl (C=O) groups excluding carboxylic acids is 1. The first-order chi connectivity index (χ1) is 9.15. The van der Waals surface area contributed by atoms with Gasteiger partial charge in [0.2, 0.25) is 0 Å². The fraction of sp³-hybridized carbons (Fsp3) is 0.500. The zero-order valence-corrected chi connectivity index (χ0v) is 11.0. The number of ether oxygens (including phenoxy) is 2. The van der Waals surface area contributed by atoms with E-state index < -0.39 is 11.6 Å². The van der Waals surface area contributed by atoms with Crippen molar-refractivity contribution in [1.82, 2.24) is 0 Å². The van der Waals surface area contributed by atoms with Crippen molar-refractivity contribution in [1.29, 1.82) is 0 Å². The number of unbranched alkanes of at least 4 members (excludes halogenated alkanes) is 2. The highest BCUT2D eigenvalue weighted by Crippen LogP contribution is 2.21. The van der Waals surface area contributed by atoms with Crippen LogP contribution in [0.15, 0.2) is 18.2 Å². The van der Waals surface area contributed by atoms with Crippen LogP contribution < -0.4 is 4.74 Å². The molecule has 0 aliphatic carbocycles. The molecular weight excluding hydrogens is 254 g/mol. The molecule has 0 spiro atoms. The number of para-hydroxylation sites is 1. The molecule has 0 saturated carbocycles. The molecule has 0 aliphatic heterocycles. The van der Waals surface area contributed by atoms with Crippen molar-refractivity contribution in [2.24, 2.45) is 0 Å². The van der Waals surface area contributed by atoms with Crippen LogP contribution in [0.4, 0.5) is 8.78 Å². The van der Waals surface area contributed by atoms with E-state index in [4.69, 9.17) is 9.47 Å². The predicted octanol–water partition coefficient (Wildman–Crippen LogP) is 3.47. The van der Waals surface area contributed by atoms with Crippen LogP contribution in [0.25, 0.3) is 0 Å². The van der Waals surface area contributed by atoms with Crippen LogP contribution >= 0.6 is 0 Å². The van der Waals surface area contributed by atoms with Crippen LogP contribution in [0.3, 0.4) is 0 Å². The maximum absolute atomic E-state index is 13.2. The second-order valence-corrected chi connectivity index (χ2v) is 4.01. The molecule has 0 bridgehead atoms. The lowest BCUT2D eigenvalue weighted by atomic mass is 10.2. The molecule has 1 aromatic rings. The highest BCUT2D eigenvalue weighted by molar-refractivity contribution is 5.69. The van der Waals surface area contributed by atoms with Crippen molar-refractivity contribution >= 4 is 5.97 Å². The van der Waals surface area contributed by atoms with E-state index in [1.54, 1.807) is 6.92 Å². The summed E-state index contributed by atoms with van der Waals surface area (Å²) >= 11 is 0. The lowest BCUT2D eigenvalue weighted by molar-refractivity contribution is -0.143. The Hall–Kier alpha value is -1.65. The molecule has 0 unspecified atom stereocenters. The van der Waals surface area contributed by atoms with Gasteiger partial charge in [-0.25, -0.2) is 8.78 Å². The molecule has 0 fully saturated rings. The van der Waals surface area contributed by atoms with Gasteiger partial charge in [-0.1, -0.05) is 6.07 Å². The molecule has 0 heterocycles. The predicted molar refractivity (Wildman–Crippen MR) is 67.0 cm³/mol. The Kier molecular flexibility index (Phi) is 6.85. The van der Waals surface area contributed by atoms with Gasteiger partial charge in [0.05, 0.1) is 13.2 Å². The van der Waals surface area contributed by atoms with Gasteiger partial charge in [0.1, 0.15) is 0 Å². The summed E-state index contributed by atoms with van der Waals surface area (Å²) in [6.45, 7) is 2.36. The number of carbonyl (C=O) groups is 1. The molecule has 0 aliphatic rings. The third-order valence-electron chi connectivity index (χ3n) is 2.50. The Balaban J connectivity index is 2.16. The lowest BCUT2D eigenvalue weighted by Gasteiger charge is -2.07. The summed E-state index contributed by atoms with van der Waals surface area (Å²) in [6, 6.07) is 3.59. The topological polar surface area (TPSA) is 35.5 Å². The average Bonchev–Trinajstić information content (AvgIpc) is 2.36. The summed E-state index contributed by atoms with van der Waals surface area (Å²) in [4.78, 5) is 11.0. The van der Waals surface area contributed by atoms with E-state index in [9.17, 15) is 13.6 Å². The Labute approximate surface area is 111 Å². The first-order valence-corrected chi connectivity index (χ1v) is 6.37. The third-order valence-corrected chi connectivity index (χ3v) is 2.50. The van der Waals surface area contributed by atoms with Crippen molar-refractivity contribution in [3.05, 3.63) is 29.8 Å². The highest BCUT2D eigenvalue weighted by Gasteiger charge is 2.09. The minimum Gasteiger partial charge on any atom is -0.488 e. The molecule has 0 amide bonds. The van der Waals surface area contributed by atoms with Crippen LogP contribution in [0.1, 0.15) is 32.6 Å². The van der Waals surface area contributed by atoms with E-state index in [2.05, 4.69) is 0 Å². The third kappa shape index (κ3) is 5.68. The fourth-order valence-electron chi connectivity index (χ4n) is 1.58. The van der Waals surface area contributed by atoms with Crippen LogP contribution in [0.5, 0.6) is 5.75 Å². The Bertz CT molecular complexity index is 387. The van der Waals surface area contributed by atoms with E-state index in [1.165, 1.54) is 6.07 Å². The number of benzene rings is 1. The minimum absolute atomic E-state index is 0.219. The SMILES string of the molecule is CCOC(=O)CCCCCOc1c(F)cccc1F. The summed E-state index contributed by atoms with van der Waals surface area (Å²) in [5, 5.41) is 0. The highest BCUT2D eigenvalue weighted by atomic mass is 19.1. The standard InChI is InChI=1S/C14H18F2O3/c1-2-18-13(17)9-4-3-5-10-19-14-11(15)7-6-8-12(14)16/h6-8H,2-5,9-10H2,1H3. The van der Waals surface area contributed by atoms with Crippen LogP contribution in [-0.2, 0) is 9.53 Å². The van der Waals surface area contributed by atoms with Gasteiger partial charge in [0, 0.05) is 6.42 Å². The first-order valence-electron chi connectivity index (χ1n) is 6.37. The van der Waals surface area contributed by atoms with Crippen molar-refractivity contribution in [3.63, 3.8) is 0 Å². The summed E-state index contributed by atoms with van der Waals surface area (Å²) in [7, 11) is 0. The number of hydrogen-bond acceptors (Lipinski definition) is 3. The number of esters is 1. The summed E-state index contributed by atoms with van der Waals surface area (Å²) in [5.74, 6) is -1.96. The van der Waals surface area contributed by atoms with Gasteiger partial charge in [-0.15, -0.1) is 0 Å². The molecule has 3 nitrogen and oxygen atoms in total. The molecule has 5 heteroatoms. The second kappa shape index (κ2) is 8.45. The Morgan fingerprint density at radius 2 is 1.84 bits per heavy atom. The zero-order valence-electron chi connectivity index (χ0n) is 11.0. The fourth-order valence-corrected chi connectivity index (χ4v) is 1.58. The second-order valence-electron chi connectivity index (χ2n) is 4.01. The van der Waals surface area contributed by atoms with Gasteiger partial charge in [0.15, 0.2) is 17.4 Å². The normalized spacial score (nSPS) is 10.3. The molecule has 1 aromatic carbocycles. The molecule has 0 N–H and O–H groups in total. The number of rotatable bonds is 8. The molecule has 19 heavy (non-hydrogen) atoms. The van der Waals surface area contributed by atoms with Gasteiger partial charge >= 0.3 is 5.97 Å². The first kappa shape index (κ1) is 15.4. The lowest BCUT2D eigenvalue weighted by Crippen LogP contribution is -2.04. The quantitative estimate of drug-likeness (QED) is 0.537. The molecule has 0 atom stereocenters. The van der Waals surface area contributed by atoms with Crippen molar-refractivity contribution in [2.75, 3.05) is 13.2 Å². The molecule has 0 saturated heterocycles.